The SMILES string of the molecule is CN=C(NCc1cc(Cl)c(Cl)n1C)NCC1(C)COC1. The monoisotopic (exact) mass is 318 g/mol. The molecule has 1 fully saturated rings. The number of nitrogens with zero attached hydrogens (tertiary/aromatic N) is 2. The van der Waals surface area contributed by atoms with Gasteiger partial charge in [0, 0.05) is 31.7 Å². The van der Waals surface area contributed by atoms with Crippen molar-refractivity contribution in [2.24, 2.45) is 17.5 Å². The van der Waals surface area contributed by atoms with Crippen LogP contribution in [0.3, 0.4) is 0 Å². The maximum atomic E-state index is 6.04. The highest BCUT2D eigenvalue weighted by molar-refractivity contribution is 6.41. The van der Waals surface area contributed by atoms with Crippen molar-refractivity contribution >= 4 is 29.2 Å². The lowest BCUT2D eigenvalue weighted by Gasteiger charge is -2.38. The molecule has 1 aliphatic rings. The van der Waals surface area contributed by atoms with Gasteiger partial charge >= 0.3 is 0 Å². The van der Waals surface area contributed by atoms with E-state index in [0.717, 1.165) is 31.4 Å². The lowest BCUT2D eigenvalue weighted by atomic mass is 9.89. The van der Waals surface area contributed by atoms with E-state index in [4.69, 9.17) is 27.9 Å². The van der Waals surface area contributed by atoms with Crippen molar-refractivity contribution in [1.29, 1.82) is 0 Å². The number of rotatable bonds is 4. The Morgan fingerprint density at radius 1 is 1.45 bits per heavy atom. The number of hydrogen-bond donors (Lipinski definition) is 2. The zero-order valence-corrected chi connectivity index (χ0v) is 13.5. The van der Waals surface area contributed by atoms with Gasteiger partial charge in [0.05, 0.1) is 24.8 Å². The Morgan fingerprint density at radius 2 is 2.15 bits per heavy atom. The van der Waals surface area contributed by atoms with Gasteiger partial charge in [-0.15, -0.1) is 0 Å². The highest BCUT2D eigenvalue weighted by Crippen LogP contribution is 2.25. The minimum Gasteiger partial charge on any atom is -0.380 e. The number of ether oxygens (including phenoxy) is 1. The zero-order valence-electron chi connectivity index (χ0n) is 12.0. The van der Waals surface area contributed by atoms with Gasteiger partial charge in [-0.3, -0.25) is 4.99 Å². The van der Waals surface area contributed by atoms with E-state index in [-0.39, 0.29) is 5.41 Å². The second kappa shape index (κ2) is 6.24. The van der Waals surface area contributed by atoms with Gasteiger partial charge in [0.15, 0.2) is 5.96 Å². The molecule has 0 spiro atoms. The van der Waals surface area contributed by atoms with Crippen LogP contribution in [0.15, 0.2) is 11.1 Å². The molecule has 1 aromatic heterocycles. The fourth-order valence-corrected chi connectivity index (χ4v) is 2.42. The Balaban J connectivity index is 1.86. The molecule has 0 aliphatic carbocycles. The quantitative estimate of drug-likeness (QED) is 0.659. The first-order valence-corrected chi connectivity index (χ1v) is 7.23. The van der Waals surface area contributed by atoms with Crippen LogP contribution in [-0.4, -0.2) is 37.3 Å². The predicted molar refractivity (Wildman–Crippen MR) is 82.6 cm³/mol. The Morgan fingerprint density at radius 3 is 2.60 bits per heavy atom. The molecule has 0 atom stereocenters. The molecule has 1 aliphatic heterocycles. The third kappa shape index (κ3) is 3.40. The fourth-order valence-electron chi connectivity index (χ4n) is 2.00. The minimum atomic E-state index is 0.204. The summed E-state index contributed by atoms with van der Waals surface area (Å²) in [5.74, 6) is 0.756. The van der Waals surface area contributed by atoms with Gasteiger partial charge in [0.1, 0.15) is 5.15 Å². The molecular weight excluding hydrogens is 299 g/mol. The topological polar surface area (TPSA) is 50.6 Å². The lowest BCUT2D eigenvalue weighted by Crippen LogP contribution is -2.50. The predicted octanol–water partition coefficient (Wildman–Crippen LogP) is 2.03. The molecule has 0 bridgehead atoms. The summed E-state index contributed by atoms with van der Waals surface area (Å²) in [5.41, 5.74) is 1.20. The van der Waals surface area contributed by atoms with Crippen molar-refractivity contribution in [2.75, 3.05) is 26.8 Å². The molecule has 0 unspecified atom stereocenters. The third-order valence-corrected chi connectivity index (χ3v) is 4.30. The van der Waals surface area contributed by atoms with Crippen molar-refractivity contribution in [1.82, 2.24) is 15.2 Å². The van der Waals surface area contributed by atoms with Crippen molar-refractivity contribution < 1.29 is 4.74 Å². The summed E-state index contributed by atoms with van der Waals surface area (Å²) in [6.45, 7) is 5.21. The number of halogens is 2. The van der Waals surface area contributed by atoms with Crippen LogP contribution in [0.25, 0.3) is 0 Å². The highest BCUT2D eigenvalue weighted by atomic mass is 35.5. The summed E-state index contributed by atoms with van der Waals surface area (Å²) in [6.07, 6.45) is 0. The van der Waals surface area contributed by atoms with E-state index in [9.17, 15) is 0 Å². The van der Waals surface area contributed by atoms with Gasteiger partial charge in [0.2, 0.25) is 0 Å². The molecule has 5 nitrogen and oxygen atoms in total. The van der Waals surface area contributed by atoms with Crippen LogP contribution in [0.4, 0.5) is 0 Å². The Labute approximate surface area is 129 Å². The van der Waals surface area contributed by atoms with Crippen LogP contribution in [0.2, 0.25) is 10.2 Å². The molecule has 2 rings (SSSR count). The van der Waals surface area contributed by atoms with Gasteiger partial charge in [0.25, 0.3) is 0 Å². The van der Waals surface area contributed by atoms with E-state index < -0.39 is 0 Å². The molecule has 2 heterocycles. The Bertz CT molecular complexity index is 509. The molecule has 1 aromatic rings. The standard InChI is InChI=1S/C13H20Cl2N4O/c1-13(7-20-8-13)6-18-12(16-2)17-5-9-4-10(14)11(15)19(9)3/h4H,5-8H2,1-3H3,(H2,16,17,18). The second-order valence-corrected chi connectivity index (χ2v) is 6.18. The average molecular weight is 319 g/mol. The van der Waals surface area contributed by atoms with E-state index >= 15 is 0 Å². The maximum absolute atomic E-state index is 6.04. The first-order valence-electron chi connectivity index (χ1n) is 6.47. The number of aromatic nitrogens is 1. The fraction of sp³-hybridized carbons (Fsp3) is 0.615. The molecule has 1 saturated heterocycles. The molecule has 0 saturated carbocycles. The molecule has 0 amide bonds. The first kappa shape index (κ1) is 15.5. The van der Waals surface area contributed by atoms with Crippen LogP contribution in [0.5, 0.6) is 0 Å². The molecule has 7 heteroatoms. The van der Waals surface area contributed by atoms with E-state index in [2.05, 4.69) is 22.5 Å². The molecule has 112 valence electrons. The van der Waals surface area contributed by atoms with Crippen LogP contribution < -0.4 is 10.6 Å². The molecule has 0 radical (unpaired) electrons. The number of nitrogens with one attached hydrogen (secondary N) is 2. The lowest BCUT2D eigenvalue weighted by molar-refractivity contribution is -0.0971. The third-order valence-electron chi connectivity index (χ3n) is 3.46. The highest BCUT2D eigenvalue weighted by Gasteiger charge is 2.33. The summed E-state index contributed by atoms with van der Waals surface area (Å²) in [5, 5.41) is 7.66. The zero-order chi connectivity index (χ0) is 14.8. The first-order chi connectivity index (χ1) is 9.45. The molecule has 0 aromatic carbocycles. The minimum absolute atomic E-state index is 0.204. The number of hydrogen-bond acceptors (Lipinski definition) is 2. The number of aliphatic imine (C=N–C) groups is 1. The smallest absolute Gasteiger partial charge is 0.191 e. The largest absolute Gasteiger partial charge is 0.380 e. The van der Waals surface area contributed by atoms with Crippen molar-refractivity contribution in [3.63, 3.8) is 0 Å². The summed E-state index contributed by atoms with van der Waals surface area (Å²) < 4.78 is 7.08. The van der Waals surface area contributed by atoms with Gasteiger partial charge < -0.3 is 19.9 Å². The van der Waals surface area contributed by atoms with Crippen LogP contribution in [0.1, 0.15) is 12.6 Å². The summed E-state index contributed by atoms with van der Waals surface area (Å²) >= 11 is 12.0. The Hall–Kier alpha value is -0.910. The maximum Gasteiger partial charge on any atom is 0.191 e. The summed E-state index contributed by atoms with van der Waals surface area (Å²) in [6, 6.07) is 1.85. The van der Waals surface area contributed by atoms with E-state index in [1.807, 2.05) is 17.7 Å². The average Bonchev–Trinajstić information content (AvgIpc) is 2.64. The molecule has 20 heavy (non-hydrogen) atoms. The summed E-state index contributed by atoms with van der Waals surface area (Å²) in [7, 11) is 3.63. The number of guanidine groups is 1. The van der Waals surface area contributed by atoms with Crippen molar-refractivity contribution in [2.45, 2.75) is 13.5 Å². The second-order valence-electron chi connectivity index (χ2n) is 5.42. The van der Waals surface area contributed by atoms with E-state index in [1.54, 1.807) is 7.05 Å². The molecule has 2 N–H and O–H groups in total. The van der Waals surface area contributed by atoms with Crippen LogP contribution in [0, 0.1) is 5.41 Å². The van der Waals surface area contributed by atoms with Gasteiger partial charge in [-0.2, -0.15) is 0 Å². The van der Waals surface area contributed by atoms with E-state index in [0.29, 0.717) is 16.7 Å². The molecular formula is C13H20Cl2N4O. The van der Waals surface area contributed by atoms with Crippen molar-refractivity contribution in [3.05, 3.63) is 21.9 Å². The van der Waals surface area contributed by atoms with Crippen molar-refractivity contribution in [3.8, 4) is 0 Å². The van der Waals surface area contributed by atoms with Gasteiger partial charge in [-0.05, 0) is 6.07 Å². The van der Waals surface area contributed by atoms with Crippen LogP contribution in [-0.2, 0) is 18.3 Å². The Kier molecular flexibility index (Phi) is 4.83. The normalized spacial score (nSPS) is 17.8. The van der Waals surface area contributed by atoms with Gasteiger partial charge in [-0.1, -0.05) is 30.1 Å². The summed E-state index contributed by atoms with van der Waals surface area (Å²) in [4.78, 5) is 4.20. The van der Waals surface area contributed by atoms with Gasteiger partial charge in [-0.25, -0.2) is 0 Å². The van der Waals surface area contributed by atoms with Crippen LogP contribution >= 0.6 is 23.2 Å². The van der Waals surface area contributed by atoms with E-state index in [1.165, 1.54) is 0 Å².